The first-order valence-electron chi connectivity index (χ1n) is 3.85. The van der Waals surface area contributed by atoms with E-state index >= 15 is 0 Å². The lowest BCUT2D eigenvalue weighted by molar-refractivity contribution is 1.16. The van der Waals surface area contributed by atoms with Crippen molar-refractivity contribution >= 4 is 12.6 Å². The summed E-state index contributed by atoms with van der Waals surface area (Å²) in [7, 11) is 0. The fourth-order valence-corrected chi connectivity index (χ4v) is 0.858. The molecule has 1 nitrogen and oxygen atoms in total. The largest absolute Gasteiger partial charge is 0.260 e. The molecular formula is C9H15NS. The van der Waals surface area contributed by atoms with Crippen LogP contribution in [0.4, 0.5) is 0 Å². The van der Waals surface area contributed by atoms with Gasteiger partial charge in [-0.2, -0.15) is 12.6 Å². The Labute approximate surface area is 74.3 Å². The van der Waals surface area contributed by atoms with Gasteiger partial charge in [-0.05, 0) is 24.6 Å². The molecule has 0 aliphatic rings. The van der Waals surface area contributed by atoms with Crippen LogP contribution in [0.15, 0.2) is 18.3 Å². The fraction of sp³-hybridized carbons (Fsp3) is 0.444. The van der Waals surface area contributed by atoms with Crippen LogP contribution in [0.5, 0.6) is 0 Å². The second-order valence-corrected chi connectivity index (χ2v) is 2.30. The summed E-state index contributed by atoms with van der Waals surface area (Å²) >= 11 is 4.09. The topological polar surface area (TPSA) is 12.9 Å². The lowest BCUT2D eigenvalue weighted by Gasteiger charge is -1.93. The highest BCUT2D eigenvalue weighted by Gasteiger charge is 1.87. The third-order valence-electron chi connectivity index (χ3n) is 1.13. The SMILES string of the molecule is CC.Cc1ccnc(CS)c1. The van der Waals surface area contributed by atoms with Gasteiger partial charge in [0.1, 0.15) is 0 Å². The Balaban J connectivity index is 0.000000461. The highest BCUT2D eigenvalue weighted by molar-refractivity contribution is 7.79. The van der Waals surface area contributed by atoms with E-state index in [9.17, 15) is 0 Å². The van der Waals surface area contributed by atoms with Crippen LogP contribution in [0.1, 0.15) is 25.1 Å². The number of pyridine rings is 1. The van der Waals surface area contributed by atoms with Gasteiger partial charge in [0.2, 0.25) is 0 Å². The van der Waals surface area contributed by atoms with Crippen LogP contribution in [-0.4, -0.2) is 4.98 Å². The molecule has 0 aliphatic carbocycles. The fourth-order valence-electron chi connectivity index (χ4n) is 0.685. The molecule has 1 aromatic heterocycles. The summed E-state index contributed by atoms with van der Waals surface area (Å²) in [6.45, 7) is 6.05. The molecule has 0 aromatic carbocycles. The third-order valence-corrected chi connectivity index (χ3v) is 1.46. The van der Waals surface area contributed by atoms with Crippen molar-refractivity contribution in [3.8, 4) is 0 Å². The highest BCUT2D eigenvalue weighted by atomic mass is 32.1. The smallest absolute Gasteiger partial charge is 0.0502 e. The quantitative estimate of drug-likeness (QED) is 0.638. The maximum absolute atomic E-state index is 4.09. The third kappa shape index (κ3) is 4.04. The van der Waals surface area contributed by atoms with Crippen LogP contribution >= 0.6 is 12.6 Å². The molecule has 2 heteroatoms. The average molecular weight is 169 g/mol. The molecule has 0 saturated carbocycles. The van der Waals surface area contributed by atoms with Gasteiger partial charge >= 0.3 is 0 Å². The van der Waals surface area contributed by atoms with Crippen molar-refractivity contribution in [1.82, 2.24) is 4.98 Å². The molecule has 0 spiro atoms. The van der Waals surface area contributed by atoms with E-state index in [2.05, 4.69) is 24.5 Å². The molecule has 0 aliphatic heterocycles. The second-order valence-electron chi connectivity index (χ2n) is 1.98. The van der Waals surface area contributed by atoms with E-state index in [-0.39, 0.29) is 0 Å². The average Bonchev–Trinajstić information content (AvgIpc) is 2.08. The first-order valence-corrected chi connectivity index (χ1v) is 4.48. The van der Waals surface area contributed by atoms with Crippen molar-refractivity contribution in [3.05, 3.63) is 29.6 Å². The van der Waals surface area contributed by atoms with Crippen molar-refractivity contribution < 1.29 is 0 Å². The van der Waals surface area contributed by atoms with Crippen molar-refractivity contribution in [1.29, 1.82) is 0 Å². The van der Waals surface area contributed by atoms with Crippen LogP contribution in [-0.2, 0) is 5.75 Å². The van der Waals surface area contributed by atoms with E-state index in [1.807, 2.05) is 26.0 Å². The van der Waals surface area contributed by atoms with Crippen LogP contribution in [0.2, 0.25) is 0 Å². The molecule has 0 unspecified atom stereocenters. The molecule has 0 fully saturated rings. The predicted octanol–water partition coefficient (Wildman–Crippen LogP) is 2.85. The minimum Gasteiger partial charge on any atom is -0.260 e. The van der Waals surface area contributed by atoms with Gasteiger partial charge in [0.15, 0.2) is 0 Å². The number of rotatable bonds is 1. The van der Waals surface area contributed by atoms with Crippen LogP contribution in [0, 0.1) is 6.92 Å². The summed E-state index contributed by atoms with van der Waals surface area (Å²) in [6.07, 6.45) is 1.81. The molecule has 1 aromatic rings. The van der Waals surface area contributed by atoms with E-state index in [1.165, 1.54) is 5.56 Å². The van der Waals surface area contributed by atoms with E-state index in [1.54, 1.807) is 6.20 Å². The predicted molar refractivity (Wildman–Crippen MR) is 53.0 cm³/mol. The Bertz CT molecular complexity index is 199. The molecule has 0 atom stereocenters. The monoisotopic (exact) mass is 169 g/mol. The minimum absolute atomic E-state index is 0.724. The zero-order valence-electron chi connectivity index (χ0n) is 7.33. The summed E-state index contributed by atoms with van der Waals surface area (Å²) in [6, 6.07) is 4.01. The highest BCUT2D eigenvalue weighted by Crippen LogP contribution is 2.01. The van der Waals surface area contributed by atoms with Gasteiger partial charge in [-0.15, -0.1) is 0 Å². The first-order chi connectivity index (χ1) is 5.33. The number of aryl methyl sites for hydroxylation is 1. The molecule has 0 saturated heterocycles. The molecule has 0 radical (unpaired) electrons. The van der Waals surface area contributed by atoms with Crippen molar-refractivity contribution in [2.45, 2.75) is 26.5 Å². The van der Waals surface area contributed by atoms with E-state index in [4.69, 9.17) is 0 Å². The van der Waals surface area contributed by atoms with Gasteiger partial charge in [0.25, 0.3) is 0 Å². The van der Waals surface area contributed by atoms with Crippen LogP contribution < -0.4 is 0 Å². The Morgan fingerprint density at radius 2 is 2.09 bits per heavy atom. The standard InChI is InChI=1S/C7H9NS.C2H6/c1-6-2-3-8-7(4-6)5-9;1-2/h2-4,9H,5H2,1H3;1-2H3. The maximum atomic E-state index is 4.09. The van der Waals surface area contributed by atoms with E-state index in [0.29, 0.717) is 0 Å². The Kier molecular flexibility index (Phi) is 5.94. The van der Waals surface area contributed by atoms with Crippen molar-refractivity contribution in [2.24, 2.45) is 0 Å². The zero-order valence-corrected chi connectivity index (χ0v) is 8.23. The van der Waals surface area contributed by atoms with Gasteiger partial charge in [0, 0.05) is 11.9 Å². The Morgan fingerprint density at radius 3 is 2.45 bits per heavy atom. The molecule has 0 N–H and O–H groups in total. The summed E-state index contributed by atoms with van der Waals surface area (Å²) in [5.74, 6) is 0.724. The molecule has 0 bridgehead atoms. The summed E-state index contributed by atoms with van der Waals surface area (Å²) in [5, 5.41) is 0. The number of thiol groups is 1. The van der Waals surface area contributed by atoms with E-state index in [0.717, 1.165) is 11.4 Å². The zero-order chi connectivity index (χ0) is 8.69. The molecule has 1 rings (SSSR count). The molecular weight excluding hydrogens is 154 g/mol. The van der Waals surface area contributed by atoms with Crippen molar-refractivity contribution in [3.63, 3.8) is 0 Å². The van der Waals surface area contributed by atoms with Crippen LogP contribution in [0.25, 0.3) is 0 Å². The molecule has 0 amide bonds. The first kappa shape index (κ1) is 10.5. The van der Waals surface area contributed by atoms with Gasteiger partial charge in [-0.25, -0.2) is 0 Å². The van der Waals surface area contributed by atoms with Gasteiger partial charge < -0.3 is 0 Å². The summed E-state index contributed by atoms with van der Waals surface area (Å²) in [5.41, 5.74) is 2.28. The Hall–Kier alpha value is -0.500. The number of hydrogen-bond acceptors (Lipinski definition) is 2. The number of nitrogens with zero attached hydrogens (tertiary/aromatic N) is 1. The normalized spacial score (nSPS) is 8.36. The van der Waals surface area contributed by atoms with Crippen LogP contribution in [0.3, 0.4) is 0 Å². The summed E-state index contributed by atoms with van der Waals surface area (Å²) in [4.78, 5) is 4.08. The number of aromatic nitrogens is 1. The molecule has 1 heterocycles. The maximum Gasteiger partial charge on any atom is 0.0502 e. The van der Waals surface area contributed by atoms with Gasteiger partial charge in [0.05, 0.1) is 5.69 Å². The van der Waals surface area contributed by atoms with E-state index < -0.39 is 0 Å². The number of hydrogen-bond donors (Lipinski definition) is 1. The lowest BCUT2D eigenvalue weighted by atomic mass is 10.3. The minimum atomic E-state index is 0.724. The lowest BCUT2D eigenvalue weighted by Crippen LogP contribution is -1.83. The summed E-state index contributed by atoms with van der Waals surface area (Å²) < 4.78 is 0. The second kappa shape index (κ2) is 6.23. The molecule has 62 valence electrons. The molecule has 11 heavy (non-hydrogen) atoms. The Morgan fingerprint density at radius 1 is 1.45 bits per heavy atom. The van der Waals surface area contributed by atoms with Crippen molar-refractivity contribution in [2.75, 3.05) is 0 Å². The van der Waals surface area contributed by atoms with Gasteiger partial charge in [-0.3, -0.25) is 4.98 Å². The van der Waals surface area contributed by atoms with Gasteiger partial charge in [-0.1, -0.05) is 13.8 Å².